The van der Waals surface area contributed by atoms with Gasteiger partial charge in [0.1, 0.15) is 0 Å². The topological polar surface area (TPSA) is 14.1 Å². The zero-order chi connectivity index (χ0) is 4.41. The SMILES string of the molecule is SCC1C[N]C1. The van der Waals surface area contributed by atoms with E-state index in [-0.39, 0.29) is 0 Å². The van der Waals surface area contributed by atoms with Crippen LogP contribution in [0.4, 0.5) is 0 Å². The van der Waals surface area contributed by atoms with Crippen molar-refractivity contribution < 1.29 is 0 Å². The molecule has 6 heavy (non-hydrogen) atoms. The molecule has 1 aliphatic heterocycles. The average Bonchev–Trinajstić information content (AvgIpc) is 1.31. The average molecular weight is 102 g/mol. The predicted molar refractivity (Wildman–Crippen MR) is 29.2 cm³/mol. The summed E-state index contributed by atoms with van der Waals surface area (Å²) in [5, 5.41) is 4.02. The van der Waals surface area contributed by atoms with Crippen molar-refractivity contribution in [2.45, 2.75) is 0 Å². The molecule has 1 aliphatic rings. The maximum atomic E-state index is 4.09. The largest absolute Gasteiger partial charge is 0.241 e. The Morgan fingerprint density at radius 1 is 1.67 bits per heavy atom. The molecule has 1 radical (unpaired) electrons. The van der Waals surface area contributed by atoms with Gasteiger partial charge in [-0.15, -0.1) is 0 Å². The number of rotatable bonds is 1. The summed E-state index contributed by atoms with van der Waals surface area (Å²) in [6, 6.07) is 0. The van der Waals surface area contributed by atoms with Crippen molar-refractivity contribution in [3.63, 3.8) is 0 Å². The first kappa shape index (κ1) is 4.47. The van der Waals surface area contributed by atoms with Gasteiger partial charge in [-0.3, -0.25) is 0 Å². The van der Waals surface area contributed by atoms with E-state index in [9.17, 15) is 0 Å². The molecule has 0 saturated carbocycles. The van der Waals surface area contributed by atoms with Crippen LogP contribution in [0.1, 0.15) is 0 Å². The predicted octanol–water partition coefficient (Wildman–Crippen LogP) is 0.150. The van der Waals surface area contributed by atoms with Gasteiger partial charge in [-0.1, -0.05) is 0 Å². The monoisotopic (exact) mass is 102 g/mol. The Morgan fingerprint density at radius 2 is 2.33 bits per heavy atom. The third-order valence-electron chi connectivity index (χ3n) is 1.03. The molecule has 0 N–H and O–H groups in total. The Kier molecular flexibility index (Phi) is 1.37. The van der Waals surface area contributed by atoms with Crippen LogP contribution in [0.3, 0.4) is 0 Å². The Morgan fingerprint density at radius 3 is 2.33 bits per heavy atom. The van der Waals surface area contributed by atoms with Gasteiger partial charge < -0.3 is 0 Å². The van der Waals surface area contributed by atoms with Crippen LogP contribution in [0.25, 0.3) is 0 Å². The van der Waals surface area contributed by atoms with Crippen molar-refractivity contribution in [1.29, 1.82) is 0 Å². The Balaban J connectivity index is 2.01. The van der Waals surface area contributed by atoms with Gasteiger partial charge in [-0.2, -0.15) is 12.6 Å². The lowest BCUT2D eigenvalue weighted by molar-refractivity contribution is 0.376. The Bertz CT molecular complexity index is 40.1. The fraction of sp³-hybridized carbons (Fsp3) is 1.00. The van der Waals surface area contributed by atoms with Crippen molar-refractivity contribution >= 4 is 12.6 Å². The molecule has 35 valence electrons. The molecule has 0 bridgehead atoms. The van der Waals surface area contributed by atoms with Crippen LogP contribution in [0.5, 0.6) is 0 Å². The molecule has 0 unspecified atom stereocenters. The van der Waals surface area contributed by atoms with Gasteiger partial charge in [0.25, 0.3) is 0 Å². The second kappa shape index (κ2) is 1.85. The summed E-state index contributed by atoms with van der Waals surface area (Å²) in [6.07, 6.45) is 0. The molecule has 2 heteroatoms. The van der Waals surface area contributed by atoms with E-state index in [1.165, 1.54) is 0 Å². The van der Waals surface area contributed by atoms with Crippen LogP contribution in [0.2, 0.25) is 0 Å². The summed E-state index contributed by atoms with van der Waals surface area (Å²) in [7, 11) is 0. The highest BCUT2D eigenvalue weighted by Crippen LogP contribution is 2.04. The summed E-state index contributed by atoms with van der Waals surface area (Å²) in [5.41, 5.74) is 0. The van der Waals surface area contributed by atoms with Crippen LogP contribution >= 0.6 is 12.6 Å². The van der Waals surface area contributed by atoms with Gasteiger partial charge in [0, 0.05) is 13.1 Å². The van der Waals surface area contributed by atoms with E-state index in [0.717, 1.165) is 24.8 Å². The first-order chi connectivity index (χ1) is 2.93. The minimum Gasteiger partial charge on any atom is -0.241 e. The molecule has 1 heterocycles. The number of hydrogen-bond donors (Lipinski definition) is 1. The van der Waals surface area contributed by atoms with Crippen molar-refractivity contribution in [2.75, 3.05) is 18.8 Å². The molecule has 0 amide bonds. The Labute approximate surface area is 43.5 Å². The first-order valence-electron chi connectivity index (χ1n) is 2.17. The van der Waals surface area contributed by atoms with Crippen molar-refractivity contribution in [1.82, 2.24) is 5.32 Å². The van der Waals surface area contributed by atoms with Gasteiger partial charge in [0.05, 0.1) is 0 Å². The minimum atomic E-state index is 0.813. The third-order valence-corrected chi connectivity index (χ3v) is 1.55. The zero-order valence-corrected chi connectivity index (χ0v) is 4.49. The van der Waals surface area contributed by atoms with Crippen LogP contribution in [0.15, 0.2) is 0 Å². The lowest BCUT2D eigenvalue weighted by atomic mass is 10.1. The Hall–Kier alpha value is 0.310. The third kappa shape index (κ3) is 0.684. The number of thiol groups is 1. The first-order valence-corrected chi connectivity index (χ1v) is 2.81. The maximum absolute atomic E-state index is 4.09. The quantitative estimate of drug-likeness (QED) is 0.453. The maximum Gasteiger partial charge on any atom is 0.0182 e. The molecule has 1 nitrogen and oxygen atoms in total. The summed E-state index contributed by atoms with van der Waals surface area (Å²) < 4.78 is 0. The van der Waals surface area contributed by atoms with Crippen LogP contribution in [-0.2, 0) is 0 Å². The summed E-state index contributed by atoms with van der Waals surface area (Å²) in [5.74, 6) is 1.83. The normalized spacial score (nSPS) is 23.5. The van der Waals surface area contributed by atoms with Gasteiger partial charge in [-0.05, 0) is 11.7 Å². The summed E-state index contributed by atoms with van der Waals surface area (Å²) in [6.45, 7) is 2.12. The van der Waals surface area contributed by atoms with Crippen LogP contribution in [-0.4, -0.2) is 18.8 Å². The fourth-order valence-corrected chi connectivity index (χ4v) is 0.658. The molecule has 1 fully saturated rings. The van der Waals surface area contributed by atoms with Crippen LogP contribution < -0.4 is 5.32 Å². The van der Waals surface area contributed by atoms with Crippen molar-refractivity contribution in [3.8, 4) is 0 Å². The molecule has 1 rings (SSSR count). The molecule has 0 spiro atoms. The second-order valence-corrected chi connectivity index (χ2v) is 2.00. The number of nitrogens with zero attached hydrogens (tertiary/aromatic N) is 1. The van der Waals surface area contributed by atoms with Gasteiger partial charge >= 0.3 is 0 Å². The van der Waals surface area contributed by atoms with E-state index in [2.05, 4.69) is 17.9 Å². The van der Waals surface area contributed by atoms with Gasteiger partial charge in [0.15, 0.2) is 0 Å². The number of hydrogen-bond acceptors (Lipinski definition) is 1. The van der Waals surface area contributed by atoms with Crippen molar-refractivity contribution in [2.24, 2.45) is 5.92 Å². The minimum absolute atomic E-state index is 0.813. The highest BCUT2D eigenvalue weighted by Gasteiger charge is 2.14. The van der Waals surface area contributed by atoms with E-state index in [1.54, 1.807) is 0 Å². The molecule has 0 aromatic carbocycles. The molecule has 0 aromatic heterocycles. The van der Waals surface area contributed by atoms with E-state index < -0.39 is 0 Å². The van der Waals surface area contributed by atoms with E-state index in [4.69, 9.17) is 0 Å². The van der Waals surface area contributed by atoms with E-state index >= 15 is 0 Å². The van der Waals surface area contributed by atoms with E-state index in [1.807, 2.05) is 0 Å². The molecular weight excluding hydrogens is 94.1 g/mol. The van der Waals surface area contributed by atoms with Crippen molar-refractivity contribution in [3.05, 3.63) is 0 Å². The standard InChI is InChI=1S/C4H8NS/c6-3-4-1-5-2-4/h4,6H,1-3H2. The van der Waals surface area contributed by atoms with Crippen LogP contribution in [0, 0.1) is 5.92 Å². The lowest BCUT2D eigenvalue weighted by Crippen LogP contribution is -2.36. The summed E-state index contributed by atoms with van der Waals surface area (Å²) in [4.78, 5) is 0. The highest BCUT2D eigenvalue weighted by atomic mass is 32.1. The second-order valence-electron chi connectivity index (χ2n) is 1.64. The fourth-order valence-electron chi connectivity index (χ4n) is 0.427. The molecule has 0 atom stereocenters. The van der Waals surface area contributed by atoms with Gasteiger partial charge in [0.2, 0.25) is 0 Å². The zero-order valence-electron chi connectivity index (χ0n) is 3.59. The van der Waals surface area contributed by atoms with E-state index in [0.29, 0.717) is 0 Å². The highest BCUT2D eigenvalue weighted by molar-refractivity contribution is 7.80. The summed E-state index contributed by atoms with van der Waals surface area (Å²) >= 11 is 4.09. The lowest BCUT2D eigenvalue weighted by Gasteiger charge is -2.22. The molecule has 0 aliphatic carbocycles. The van der Waals surface area contributed by atoms with Gasteiger partial charge in [-0.25, -0.2) is 5.32 Å². The molecule has 1 saturated heterocycles. The smallest absolute Gasteiger partial charge is 0.0182 e. The molecule has 0 aromatic rings. The molecular formula is C4H8NS.